The van der Waals surface area contributed by atoms with Crippen LogP contribution in [0.4, 0.5) is 11.4 Å². The average Bonchev–Trinajstić information content (AvgIpc) is 2.62. The van der Waals surface area contributed by atoms with Gasteiger partial charge in [-0.3, -0.25) is 19.7 Å². The first-order chi connectivity index (χ1) is 12.8. The Labute approximate surface area is 157 Å². The van der Waals surface area contributed by atoms with E-state index in [9.17, 15) is 24.8 Å². The van der Waals surface area contributed by atoms with E-state index in [0.717, 1.165) is 12.3 Å². The molecule has 27 heavy (non-hydrogen) atoms. The number of nitrogens with one attached hydrogen (secondary N) is 2. The summed E-state index contributed by atoms with van der Waals surface area (Å²) in [5, 5.41) is 26.9. The molecule has 2 rings (SSSR count). The molecule has 3 N–H and O–H groups in total. The number of carbonyl (C=O) groups is 2. The van der Waals surface area contributed by atoms with E-state index in [0.29, 0.717) is 10.7 Å². The predicted octanol–water partition coefficient (Wildman–Crippen LogP) is 2.05. The van der Waals surface area contributed by atoms with Crippen molar-refractivity contribution in [3.8, 4) is 11.5 Å². The lowest BCUT2D eigenvalue weighted by Crippen LogP contribution is -2.32. The van der Waals surface area contributed by atoms with Crippen LogP contribution in [0.15, 0.2) is 41.5 Å². The maximum atomic E-state index is 11.8. The van der Waals surface area contributed by atoms with E-state index in [1.54, 1.807) is 18.2 Å². The van der Waals surface area contributed by atoms with E-state index in [2.05, 4.69) is 10.4 Å². The molecule has 0 radical (unpaired) electrons. The topological polar surface area (TPSA) is 143 Å². The van der Waals surface area contributed by atoms with Crippen LogP contribution in [-0.2, 0) is 9.59 Å². The number of hydrogen-bond acceptors (Lipinski definition) is 7. The van der Waals surface area contributed by atoms with Gasteiger partial charge in [0.2, 0.25) is 5.75 Å². The highest BCUT2D eigenvalue weighted by molar-refractivity contribution is 6.39. The molecule has 10 nitrogen and oxygen atoms in total. The fraction of sp³-hybridized carbons (Fsp3) is 0.0625. The minimum Gasteiger partial charge on any atom is -0.500 e. The Bertz CT molecular complexity index is 931. The van der Waals surface area contributed by atoms with Crippen molar-refractivity contribution in [3.05, 3.63) is 57.1 Å². The molecule has 0 bridgehead atoms. The zero-order valence-electron chi connectivity index (χ0n) is 13.8. The number of phenols is 1. The molecule has 0 aliphatic heterocycles. The van der Waals surface area contributed by atoms with E-state index in [4.69, 9.17) is 16.3 Å². The third-order valence-corrected chi connectivity index (χ3v) is 3.40. The number of aromatic hydroxyl groups is 1. The van der Waals surface area contributed by atoms with Gasteiger partial charge in [-0.25, -0.2) is 5.43 Å². The van der Waals surface area contributed by atoms with Gasteiger partial charge in [-0.1, -0.05) is 17.7 Å². The van der Waals surface area contributed by atoms with Gasteiger partial charge in [0.05, 0.1) is 18.2 Å². The number of rotatable bonds is 5. The van der Waals surface area contributed by atoms with Crippen LogP contribution in [0, 0.1) is 10.1 Å². The normalized spacial score (nSPS) is 10.4. The lowest BCUT2D eigenvalue weighted by atomic mass is 10.2. The summed E-state index contributed by atoms with van der Waals surface area (Å²) in [5.74, 6) is -2.82. The summed E-state index contributed by atoms with van der Waals surface area (Å²) in [6.07, 6.45) is 1.06. The van der Waals surface area contributed by atoms with Crippen LogP contribution in [0.3, 0.4) is 0 Å². The molecule has 0 unspecified atom stereocenters. The first kappa shape index (κ1) is 19.7. The maximum Gasteiger partial charge on any atom is 0.329 e. The predicted molar refractivity (Wildman–Crippen MR) is 97.1 cm³/mol. The maximum absolute atomic E-state index is 11.8. The Balaban J connectivity index is 2.06. The van der Waals surface area contributed by atoms with Crippen LogP contribution in [0.2, 0.25) is 5.02 Å². The summed E-state index contributed by atoms with van der Waals surface area (Å²) in [7, 11) is 1.22. The fourth-order valence-corrected chi connectivity index (χ4v) is 2.14. The number of hydrogen-bond donors (Lipinski definition) is 3. The molecule has 2 aromatic carbocycles. The van der Waals surface area contributed by atoms with Gasteiger partial charge in [-0.05, 0) is 24.3 Å². The number of carbonyl (C=O) groups excluding carboxylic acids is 2. The van der Waals surface area contributed by atoms with E-state index >= 15 is 0 Å². The number of phenolic OH excluding ortho intramolecular Hbond substituents is 1. The number of hydrazone groups is 1. The number of nitrogens with zero attached hydrogens (tertiary/aromatic N) is 2. The summed E-state index contributed by atoms with van der Waals surface area (Å²) in [6.45, 7) is 0. The van der Waals surface area contributed by atoms with Crippen LogP contribution < -0.4 is 15.5 Å². The number of ether oxygens (including phenoxy) is 1. The second-order valence-electron chi connectivity index (χ2n) is 5.01. The summed E-state index contributed by atoms with van der Waals surface area (Å²) in [4.78, 5) is 33.6. The van der Waals surface area contributed by atoms with Crippen LogP contribution in [0.25, 0.3) is 0 Å². The quantitative estimate of drug-likeness (QED) is 0.307. The van der Waals surface area contributed by atoms with Gasteiger partial charge < -0.3 is 15.2 Å². The number of anilines is 1. The zero-order valence-corrected chi connectivity index (χ0v) is 14.6. The van der Waals surface area contributed by atoms with Gasteiger partial charge in [0, 0.05) is 22.3 Å². The largest absolute Gasteiger partial charge is 0.500 e. The lowest BCUT2D eigenvalue weighted by Gasteiger charge is -2.05. The van der Waals surface area contributed by atoms with Crippen LogP contribution in [0.5, 0.6) is 11.5 Å². The van der Waals surface area contributed by atoms with Gasteiger partial charge in [0.1, 0.15) is 0 Å². The molecule has 0 aliphatic carbocycles. The molecular weight excluding hydrogens is 380 g/mol. The third kappa shape index (κ3) is 5.16. The van der Waals surface area contributed by atoms with Crippen molar-refractivity contribution in [2.75, 3.05) is 12.4 Å². The van der Waals surface area contributed by atoms with Crippen molar-refractivity contribution in [3.63, 3.8) is 0 Å². The number of halogens is 1. The number of benzene rings is 2. The smallest absolute Gasteiger partial charge is 0.329 e. The Hall–Kier alpha value is -3.66. The standard InChI is InChI=1S/C16H13ClN4O6/c1-27-13-6-9(5-12(14(13)22)21(25)26)8-18-20-16(24)15(23)19-11-4-2-3-10(17)7-11/h2-8,22H,1H3,(H,19,23)(H,20,24)/b18-8+. The van der Waals surface area contributed by atoms with Crippen molar-refractivity contribution in [1.29, 1.82) is 0 Å². The Morgan fingerprint density at radius 3 is 2.67 bits per heavy atom. The van der Waals surface area contributed by atoms with Crippen molar-refractivity contribution in [2.24, 2.45) is 5.10 Å². The Morgan fingerprint density at radius 1 is 1.30 bits per heavy atom. The number of amides is 2. The molecule has 2 amide bonds. The number of nitro groups is 1. The van der Waals surface area contributed by atoms with E-state index in [1.807, 2.05) is 5.43 Å². The molecule has 2 aromatic rings. The van der Waals surface area contributed by atoms with Gasteiger partial charge >= 0.3 is 17.5 Å². The summed E-state index contributed by atoms with van der Waals surface area (Å²) >= 11 is 5.78. The van der Waals surface area contributed by atoms with Crippen molar-refractivity contribution >= 4 is 41.0 Å². The van der Waals surface area contributed by atoms with E-state index in [-0.39, 0.29) is 11.3 Å². The molecule has 0 aromatic heterocycles. The molecule has 0 saturated heterocycles. The molecule has 0 saturated carbocycles. The molecular formula is C16H13ClN4O6. The van der Waals surface area contributed by atoms with Gasteiger partial charge in [-0.15, -0.1) is 0 Å². The minimum absolute atomic E-state index is 0.143. The highest BCUT2D eigenvalue weighted by Gasteiger charge is 2.19. The van der Waals surface area contributed by atoms with Gasteiger partial charge in [0.15, 0.2) is 5.75 Å². The lowest BCUT2D eigenvalue weighted by molar-refractivity contribution is -0.386. The fourth-order valence-electron chi connectivity index (χ4n) is 1.95. The first-order valence-corrected chi connectivity index (χ1v) is 7.65. The Kier molecular flexibility index (Phi) is 6.28. The zero-order chi connectivity index (χ0) is 20.0. The van der Waals surface area contributed by atoms with Gasteiger partial charge in [0.25, 0.3) is 0 Å². The second-order valence-corrected chi connectivity index (χ2v) is 5.45. The highest BCUT2D eigenvalue weighted by atomic mass is 35.5. The molecule has 11 heteroatoms. The van der Waals surface area contributed by atoms with Crippen LogP contribution >= 0.6 is 11.6 Å². The van der Waals surface area contributed by atoms with Crippen molar-refractivity contribution in [1.82, 2.24) is 5.43 Å². The SMILES string of the molecule is COc1cc(/C=N/NC(=O)C(=O)Nc2cccc(Cl)c2)cc([N+](=O)[O-])c1O. The van der Waals surface area contributed by atoms with Crippen LogP contribution in [0.1, 0.15) is 5.56 Å². The summed E-state index contributed by atoms with van der Waals surface area (Å²) in [5.41, 5.74) is 1.87. The third-order valence-electron chi connectivity index (χ3n) is 3.16. The van der Waals surface area contributed by atoms with Crippen LogP contribution in [-0.4, -0.2) is 35.2 Å². The summed E-state index contributed by atoms with van der Waals surface area (Å²) < 4.78 is 4.84. The molecule has 0 atom stereocenters. The molecule has 0 heterocycles. The highest BCUT2D eigenvalue weighted by Crippen LogP contribution is 2.36. The van der Waals surface area contributed by atoms with Crippen molar-refractivity contribution < 1.29 is 24.4 Å². The van der Waals surface area contributed by atoms with E-state index in [1.165, 1.54) is 19.2 Å². The molecule has 0 aliphatic rings. The van der Waals surface area contributed by atoms with E-state index < -0.39 is 28.2 Å². The molecule has 0 fully saturated rings. The molecule has 140 valence electrons. The monoisotopic (exact) mass is 392 g/mol. The first-order valence-electron chi connectivity index (χ1n) is 7.27. The number of methoxy groups -OCH3 is 1. The van der Waals surface area contributed by atoms with Crippen molar-refractivity contribution in [2.45, 2.75) is 0 Å². The number of nitro benzene ring substituents is 1. The Morgan fingerprint density at radius 2 is 2.04 bits per heavy atom. The minimum atomic E-state index is -1.06. The average molecular weight is 393 g/mol. The molecule has 0 spiro atoms. The van der Waals surface area contributed by atoms with Gasteiger partial charge in [-0.2, -0.15) is 5.10 Å². The summed E-state index contributed by atoms with van der Waals surface area (Å²) in [6, 6.07) is 8.50. The second kappa shape index (κ2) is 8.63.